The summed E-state index contributed by atoms with van der Waals surface area (Å²) < 4.78 is 0. The van der Waals surface area contributed by atoms with Gasteiger partial charge in [-0.2, -0.15) is 0 Å². The molecule has 0 aromatic rings. The summed E-state index contributed by atoms with van der Waals surface area (Å²) in [6, 6.07) is 0. The van der Waals surface area contributed by atoms with Crippen LogP contribution in [0.2, 0.25) is 0 Å². The number of hydrogen-bond acceptors (Lipinski definition) is 1. The predicted molar refractivity (Wildman–Crippen MR) is 46.5 cm³/mol. The highest BCUT2D eigenvalue weighted by atomic mass is 16.1. The molecule has 0 saturated heterocycles. The largest absolute Gasteiger partial charge is 0.303 e. The van der Waals surface area contributed by atoms with Gasteiger partial charge in [-0.3, -0.25) is 0 Å². The molecule has 0 N–H and O–H groups in total. The van der Waals surface area contributed by atoms with Gasteiger partial charge in [0, 0.05) is 6.42 Å². The molecule has 0 spiro atoms. The molecule has 0 bridgehead atoms. The highest BCUT2D eigenvalue weighted by molar-refractivity contribution is 5.48. The molecule has 0 heterocycles. The second-order valence-corrected chi connectivity index (χ2v) is 3.60. The summed E-state index contributed by atoms with van der Waals surface area (Å²) in [7, 11) is 0. The smallest absolute Gasteiger partial charge is 0.119 e. The molecule has 1 saturated carbocycles. The number of carbonyl (C=O) groups is 1. The SMILES string of the molecule is O=CCCCC1CCCCC1. The van der Waals surface area contributed by atoms with Crippen LogP contribution in [0, 0.1) is 5.92 Å². The Bertz CT molecular complexity index is 103. The maximum atomic E-state index is 10.0. The van der Waals surface area contributed by atoms with Crippen molar-refractivity contribution in [3.63, 3.8) is 0 Å². The molecule has 0 aliphatic heterocycles. The highest BCUT2D eigenvalue weighted by Gasteiger charge is 2.11. The number of aldehydes is 1. The van der Waals surface area contributed by atoms with Gasteiger partial charge in [-0.1, -0.05) is 38.5 Å². The lowest BCUT2D eigenvalue weighted by atomic mass is 9.86. The summed E-state index contributed by atoms with van der Waals surface area (Å²) in [5, 5.41) is 0. The first-order valence-electron chi connectivity index (χ1n) is 4.87. The van der Waals surface area contributed by atoms with Crippen LogP contribution in [0.1, 0.15) is 51.4 Å². The van der Waals surface area contributed by atoms with Crippen LogP contribution in [0.3, 0.4) is 0 Å². The van der Waals surface area contributed by atoms with Crippen LogP contribution >= 0.6 is 0 Å². The van der Waals surface area contributed by atoms with Gasteiger partial charge in [0.25, 0.3) is 0 Å². The Morgan fingerprint density at radius 3 is 2.55 bits per heavy atom. The minimum atomic E-state index is 0.774. The van der Waals surface area contributed by atoms with E-state index in [4.69, 9.17) is 0 Å². The molecule has 0 amide bonds. The van der Waals surface area contributed by atoms with Gasteiger partial charge in [0.2, 0.25) is 0 Å². The Labute approximate surface area is 69.2 Å². The summed E-state index contributed by atoms with van der Waals surface area (Å²) >= 11 is 0. The van der Waals surface area contributed by atoms with Crippen LogP contribution < -0.4 is 0 Å². The fourth-order valence-corrected chi connectivity index (χ4v) is 1.97. The Hall–Kier alpha value is -0.330. The molecule has 1 heteroatoms. The van der Waals surface area contributed by atoms with E-state index >= 15 is 0 Å². The molecule has 0 aromatic heterocycles. The first-order valence-corrected chi connectivity index (χ1v) is 4.87. The van der Waals surface area contributed by atoms with Crippen molar-refractivity contribution in [2.24, 2.45) is 5.92 Å². The fraction of sp³-hybridized carbons (Fsp3) is 0.900. The van der Waals surface area contributed by atoms with Crippen LogP contribution in [-0.2, 0) is 4.79 Å². The normalized spacial score (nSPS) is 20.0. The summed E-state index contributed by atoms with van der Waals surface area (Å²) in [6.45, 7) is 0. The van der Waals surface area contributed by atoms with E-state index in [9.17, 15) is 4.79 Å². The average molecular weight is 154 g/mol. The van der Waals surface area contributed by atoms with E-state index in [1.165, 1.54) is 38.5 Å². The van der Waals surface area contributed by atoms with E-state index in [0.717, 1.165) is 25.0 Å². The minimum Gasteiger partial charge on any atom is -0.303 e. The van der Waals surface area contributed by atoms with Crippen molar-refractivity contribution in [1.82, 2.24) is 0 Å². The predicted octanol–water partition coefficient (Wildman–Crippen LogP) is 2.94. The summed E-state index contributed by atoms with van der Waals surface area (Å²) in [5.41, 5.74) is 0. The average Bonchev–Trinajstić information content (AvgIpc) is 2.07. The zero-order valence-electron chi connectivity index (χ0n) is 7.22. The van der Waals surface area contributed by atoms with Crippen molar-refractivity contribution in [3.8, 4) is 0 Å². The van der Waals surface area contributed by atoms with Crippen molar-refractivity contribution in [1.29, 1.82) is 0 Å². The zero-order chi connectivity index (χ0) is 7.94. The van der Waals surface area contributed by atoms with E-state index in [-0.39, 0.29) is 0 Å². The zero-order valence-corrected chi connectivity index (χ0v) is 7.22. The maximum absolute atomic E-state index is 10.0. The van der Waals surface area contributed by atoms with Crippen LogP contribution in [0.25, 0.3) is 0 Å². The maximum Gasteiger partial charge on any atom is 0.119 e. The van der Waals surface area contributed by atoms with E-state index in [0.29, 0.717) is 0 Å². The van der Waals surface area contributed by atoms with E-state index in [1.54, 1.807) is 0 Å². The Kier molecular flexibility index (Phi) is 4.25. The van der Waals surface area contributed by atoms with Gasteiger partial charge in [-0.05, 0) is 12.3 Å². The molecule has 1 rings (SSSR count). The highest BCUT2D eigenvalue weighted by Crippen LogP contribution is 2.27. The van der Waals surface area contributed by atoms with Gasteiger partial charge in [0.15, 0.2) is 0 Å². The van der Waals surface area contributed by atoms with Gasteiger partial charge >= 0.3 is 0 Å². The van der Waals surface area contributed by atoms with E-state index < -0.39 is 0 Å². The third-order valence-electron chi connectivity index (χ3n) is 2.66. The molecule has 0 unspecified atom stereocenters. The number of rotatable bonds is 4. The summed E-state index contributed by atoms with van der Waals surface area (Å²) in [4.78, 5) is 10.0. The third kappa shape index (κ3) is 3.54. The van der Waals surface area contributed by atoms with E-state index in [1.807, 2.05) is 0 Å². The second kappa shape index (κ2) is 5.34. The molecule has 1 nitrogen and oxygen atoms in total. The molecule has 11 heavy (non-hydrogen) atoms. The quantitative estimate of drug-likeness (QED) is 0.449. The lowest BCUT2D eigenvalue weighted by Crippen LogP contribution is -2.05. The Balaban J connectivity index is 2.00. The lowest BCUT2D eigenvalue weighted by Gasteiger charge is -2.20. The van der Waals surface area contributed by atoms with Crippen molar-refractivity contribution < 1.29 is 4.79 Å². The van der Waals surface area contributed by atoms with E-state index in [2.05, 4.69) is 0 Å². The van der Waals surface area contributed by atoms with Crippen molar-refractivity contribution in [2.75, 3.05) is 0 Å². The number of carbonyl (C=O) groups excluding carboxylic acids is 1. The van der Waals surface area contributed by atoms with Gasteiger partial charge < -0.3 is 4.79 Å². The monoisotopic (exact) mass is 154 g/mol. The fourth-order valence-electron chi connectivity index (χ4n) is 1.97. The van der Waals surface area contributed by atoms with Crippen LogP contribution in [0.4, 0.5) is 0 Å². The molecular weight excluding hydrogens is 136 g/mol. The number of hydrogen-bond donors (Lipinski definition) is 0. The first-order chi connectivity index (χ1) is 5.43. The van der Waals surface area contributed by atoms with Crippen molar-refractivity contribution >= 4 is 6.29 Å². The summed E-state index contributed by atoms with van der Waals surface area (Å²) in [6.07, 6.45) is 11.3. The Morgan fingerprint density at radius 1 is 1.18 bits per heavy atom. The first kappa shape index (κ1) is 8.76. The molecule has 0 atom stereocenters. The third-order valence-corrected chi connectivity index (χ3v) is 2.66. The van der Waals surface area contributed by atoms with Crippen LogP contribution in [0.5, 0.6) is 0 Å². The van der Waals surface area contributed by atoms with Crippen molar-refractivity contribution in [2.45, 2.75) is 51.4 Å². The topological polar surface area (TPSA) is 17.1 Å². The van der Waals surface area contributed by atoms with Gasteiger partial charge in [-0.25, -0.2) is 0 Å². The lowest BCUT2D eigenvalue weighted by molar-refractivity contribution is -0.108. The summed E-state index contributed by atoms with van der Waals surface area (Å²) in [5.74, 6) is 0.948. The van der Waals surface area contributed by atoms with Crippen LogP contribution in [0.15, 0.2) is 0 Å². The standard InChI is InChI=1S/C10H18O/c11-9-5-4-8-10-6-2-1-3-7-10/h9-10H,1-8H2. The van der Waals surface area contributed by atoms with Gasteiger partial charge in [-0.15, -0.1) is 0 Å². The molecule has 0 radical (unpaired) electrons. The minimum absolute atomic E-state index is 0.774. The molecule has 1 aliphatic carbocycles. The molecule has 1 fully saturated rings. The number of unbranched alkanes of at least 4 members (excludes halogenated alkanes) is 1. The van der Waals surface area contributed by atoms with Gasteiger partial charge in [0.1, 0.15) is 6.29 Å². The molecule has 64 valence electrons. The molecule has 0 aromatic carbocycles. The van der Waals surface area contributed by atoms with Gasteiger partial charge in [0.05, 0.1) is 0 Å². The van der Waals surface area contributed by atoms with Crippen molar-refractivity contribution in [3.05, 3.63) is 0 Å². The van der Waals surface area contributed by atoms with Crippen LogP contribution in [-0.4, -0.2) is 6.29 Å². The molecule has 1 aliphatic rings. The second-order valence-electron chi connectivity index (χ2n) is 3.60. The molecular formula is C10H18O. The Morgan fingerprint density at radius 2 is 1.91 bits per heavy atom.